The first-order valence-electron chi connectivity index (χ1n) is 13.7. The van der Waals surface area contributed by atoms with Gasteiger partial charge in [0.2, 0.25) is 5.95 Å². The quantitative estimate of drug-likeness (QED) is 0.275. The standard InChI is InChI=1S/C27H29FN6O3.C2H5NO2/c1-15(14-35)37-18-10-8-16(9-11-18)21-22-24-20(33(3)27(36)34(24)17-6-4-5-7-17)12-29-26(22)30-23(21)19-13-32(2)31-25(19)28;1-5-2(3)4/h8-13,15,17,35H,4-7,14H2,1-3H3,(H,29,30);1H3,(H2,3,4). The van der Waals surface area contributed by atoms with E-state index in [1.165, 1.54) is 11.8 Å². The number of nitrogens with one attached hydrogen (secondary N) is 1. The third kappa shape index (κ3) is 5.22. The van der Waals surface area contributed by atoms with Crippen molar-refractivity contribution < 1.29 is 23.8 Å². The second-order valence-corrected chi connectivity index (χ2v) is 10.4. The number of pyridine rings is 1. The molecule has 4 aromatic heterocycles. The number of aromatic amines is 1. The number of primary amides is 1. The fraction of sp³-hybridized carbons (Fsp3) is 0.379. The van der Waals surface area contributed by atoms with Gasteiger partial charge in [-0.2, -0.15) is 4.39 Å². The van der Waals surface area contributed by atoms with Crippen LogP contribution in [0.25, 0.3) is 44.5 Å². The molecule has 0 bridgehead atoms. The molecule has 1 atom stereocenters. The fourth-order valence-electron chi connectivity index (χ4n) is 5.57. The highest BCUT2D eigenvalue weighted by molar-refractivity contribution is 6.14. The van der Waals surface area contributed by atoms with Crippen LogP contribution < -0.4 is 16.2 Å². The van der Waals surface area contributed by atoms with Gasteiger partial charge in [-0.3, -0.25) is 13.8 Å². The number of imidazole rings is 1. The number of benzene rings is 1. The van der Waals surface area contributed by atoms with E-state index in [9.17, 15) is 19.1 Å². The van der Waals surface area contributed by atoms with E-state index in [2.05, 4.69) is 25.5 Å². The number of rotatable bonds is 6. The average Bonchev–Trinajstić information content (AvgIpc) is 3.75. The molecule has 222 valence electrons. The average molecular weight is 580 g/mol. The number of aromatic nitrogens is 6. The number of nitrogens with zero attached hydrogens (tertiary/aromatic N) is 5. The Morgan fingerprint density at radius 2 is 1.90 bits per heavy atom. The van der Waals surface area contributed by atoms with Gasteiger partial charge in [-0.05, 0) is 37.5 Å². The van der Waals surface area contributed by atoms with E-state index < -0.39 is 12.0 Å². The zero-order valence-electron chi connectivity index (χ0n) is 23.9. The number of methoxy groups -OCH3 is 1. The van der Waals surface area contributed by atoms with Crippen molar-refractivity contribution in [2.75, 3.05) is 13.7 Å². The maximum Gasteiger partial charge on any atom is 0.404 e. The summed E-state index contributed by atoms with van der Waals surface area (Å²) in [4.78, 5) is 30.8. The minimum absolute atomic E-state index is 0.0702. The van der Waals surface area contributed by atoms with E-state index >= 15 is 0 Å². The van der Waals surface area contributed by atoms with Gasteiger partial charge in [-0.1, -0.05) is 25.0 Å². The summed E-state index contributed by atoms with van der Waals surface area (Å²) >= 11 is 0. The second-order valence-electron chi connectivity index (χ2n) is 10.4. The molecule has 1 fully saturated rings. The monoisotopic (exact) mass is 579 g/mol. The molecule has 42 heavy (non-hydrogen) atoms. The number of H-pyrrole nitrogens is 1. The summed E-state index contributed by atoms with van der Waals surface area (Å²) in [6.07, 6.45) is 6.32. The fourth-order valence-corrected chi connectivity index (χ4v) is 5.57. The molecule has 0 saturated heterocycles. The van der Waals surface area contributed by atoms with E-state index in [4.69, 9.17) is 4.74 Å². The predicted octanol–water partition coefficient (Wildman–Crippen LogP) is 4.01. The SMILES string of the molecule is CC(CO)Oc1ccc(-c2c(-c3cn(C)nc3F)[nH]c3ncc4c(c23)n(C2CCCC2)c(=O)n4C)cc1.COC(N)=O. The zero-order chi connectivity index (χ0) is 30.1. The van der Waals surface area contributed by atoms with Crippen LogP contribution in [0, 0.1) is 5.95 Å². The van der Waals surface area contributed by atoms with Gasteiger partial charge >= 0.3 is 11.8 Å². The lowest BCUT2D eigenvalue weighted by Crippen LogP contribution is -2.24. The van der Waals surface area contributed by atoms with Gasteiger partial charge in [-0.25, -0.2) is 14.6 Å². The van der Waals surface area contributed by atoms with E-state index in [1.54, 1.807) is 38.0 Å². The van der Waals surface area contributed by atoms with Gasteiger partial charge in [0.15, 0.2) is 0 Å². The number of hydrogen-bond acceptors (Lipinski definition) is 7. The first-order chi connectivity index (χ1) is 20.1. The third-order valence-corrected chi connectivity index (χ3v) is 7.55. The zero-order valence-corrected chi connectivity index (χ0v) is 23.9. The molecule has 4 heterocycles. The van der Waals surface area contributed by atoms with Gasteiger partial charge in [0.05, 0.1) is 47.6 Å². The van der Waals surface area contributed by atoms with Crippen LogP contribution in [-0.4, -0.2) is 59.9 Å². The summed E-state index contributed by atoms with van der Waals surface area (Å²) in [5.74, 6) is 0.0228. The van der Waals surface area contributed by atoms with Crippen molar-refractivity contribution in [1.29, 1.82) is 0 Å². The number of amides is 1. The van der Waals surface area contributed by atoms with Crippen LogP contribution in [0.1, 0.15) is 38.6 Å². The molecule has 1 aliphatic rings. The van der Waals surface area contributed by atoms with Gasteiger partial charge in [0, 0.05) is 31.9 Å². The van der Waals surface area contributed by atoms with Gasteiger partial charge in [0.1, 0.15) is 17.5 Å². The number of aliphatic hydroxyl groups excluding tert-OH is 1. The number of aliphatic hydroxyl groups is 1. The number of carbonyl (C=O) groups is 1. The molecule has 4 N–H and O–H groups in total. The Morgan fingerprint density at radius 3 is 2.48 bits per heavy atom. The first-order valence-corrected chi connectivity index (χ1v) is 13.7. The number of carbonyl (C=O) groups excluding carboxylic acids is 1. The number of hydrogen-bond donors (Lipinski definition) is 3. The lowest BCUT2D eigenvalue weighted by Gasteiger charge is -2.14. The van der Waals surface area contributed by atoms with Crippen molar-refractivity contribution in [3.05, 3.63) is 53.1 Å². The van der Waals surface area contributed by atoms with E-state index in [-0.39, 0.29) is 24.4 Å². The highest BCUT2D eigenvalue weighted by Crippen LogP contribution is 2.43. The number of aryl methyl sites for hydroxylation is 2. The molecule has 5 aromatic rings. The van der Waals surface area contributed by atoms with Crippen LogP contribution in [0.3, 0.4) is 0 Å². The van der Waals surface area contributed by atoms with Crippen molar-refractivity contribution >= 4 is 28.2 Å². The maximum atomic E-state index is 15.0. The molecule has 1 amide bonds. The molecule has 0 radical (unpaired) electrons. The molecule has 13 heteroatoms. The minimum atomic E-state index is -0.745. The minimum Gasteiger partial charge on any atom is -0.488 e. The van der Waals surface area contributed by atoms with Crippen molar-refractivity contribution in [2.45, 2.75) is 44.8 Å². The van der Waals surface area contributed by atoms with Crippen LogP contribution in [0.4, 0.5) is 9.18 Å². The summed E-state index contributed by atoms with van der Waals surface area (Å²) in [5, 5.41) is 14.0. The summed E-state index contributed by atoms with van der Waals surface area (Å²) in [7, 11) is 4.67. The van der Waals surface area contributed by atoms with Crippen LogP contribution in [-0.2, 0) is 18.8 Å². The summed E-state index contributed by atoms with van der Waals surface area (Å²) in [6, 6.07) is 7.57. The number of nitrogens with two attached hydrogens (primary N) is 1. The molecule has 1 aromatic carbocycles. The summed E-state index contributed by atoms with van der Waals surface area (Å²) in [5.41, 5.74) is 8.92. The van der Waals surface area contributed by atoms with Crippen LogP contribution in [0.5, 0.6) is 5.75 Å². The molecule has 6 rings (SSSR count). The third-order valence-electron chi connectivity index (χ3n) is 7.55. The first kappa shape index (κ1) is 28.9. The van der Waals surface area contributed by atoms with Gasteiger partial charge in [0.25, 0.3) is 0 Å². The van der Waals surface area contributed by atoms with E-state index in [0.29, 0.717) is 22.7 Å². The van der Waals surface area contributed by atoms with E-state index in [0.717, 1.165) is 53.2 Å². The molecule has 1 aliphatic carbocycles. The Bertz CT molecular complexity index is 1800. The molecule has 0 aliphatic heterocycles. The molecular weight excluding hydrogens is 545 g/mol. The van der Waals surface area contributed by atoms with Crippen molar-refractivity contribution in [3.63, 3.8) is 0 Å². The van der Waals surface area contributed by atoms with Gasteiger partial charge in [-0.15, -0.1) is 5.10 Å². The number of halogens is 1. The van der Waals surface area contributed by atoms with E-state index in [1.807, 2.05) is 28.8 Å². The maximum absolute atomic E-state index is 15.0. The number of ether oxygens (including phenoxy) is 2. The summed E-state index contributed by atoms with van der Waals surface area (Å²) < 4.78 is 29.6. The second kappa shape index (κ2) is 11.7. The number of fused-ring (bicyclic) bond motifs is 3. The lowest BCUT2D eigenvalue weighted by atomic mass is 9.99. The predicted molar refractivity (Wildman–Crippen MR) is 156 cm³/mol. The largest absolute Gasteiger partial charge is 0.488 e. The van der Waals surface area contributed by atoms with Crippen LogP contribution in [0.15, 0.2) is 41.5 Å². The highest BCUT2D eigenvalue weighted by Gasteiger charge is 2.28. The summed E-state index contributed by atoms with van der Waals surface area (Å²) in [6.45, 7) is 1.70. The Morgan fingerprint density at radius 1 is 1.24 bits per heavy atom. The molecule has 0 spiro atoms. The molecule has 12 nitrogen and oxygen atoms in total. The van der Waals surface area contributed by atoms with Crippen molar-refractivity contribution in [1.82, 2.24) is 28.9 Å². The van der Waals surface area contributed by atoms with Crippen molar-refractivity contribution in [2.24, 2.45) is 19.8 Å². The molecule has 1 saturated carbocycles. The Balaban J connectivity index is 0.000000652. The Kier molecular flexibility index (Phi) is 8.03. The molecular formula is C29H34FN7O5. The Labute approximate surface area is 240 Å². The highest BCUT2D eigenvalue weighted by atomic mass is 19.1. The van der Waals surface area contributed by atoms with Crippen LogP contribution >= 0.6 is 0 Å². The van der Waals surface area contributed by atoms with Gasteiger partial charge < -0.3 is 25.3 Å². The smallest absolute Gasteiger partial charge is 0.404 e. The normalized spacial score (nSPS) is 14.2. The Hall–Kier alpha value is -4.65. The van der Waals surface area contributed by atoms with Crippen molar-refractivity contribution in [3.8, 4) is 28.1 Å². The van der Waals surface area contributed by atoms with Crippen LogP contribution in [0.2, 0.25) is 0 Å². The topological polar surface area (TPSA) is 155 Å². The molecule has 1 unspecified atom stereocenters. The lowest BCUT2D eigenvalue weighted by molar-refractivity contribution is 0.130.